The molecule has 5 heteroatoms. The number of hydrogen-bond donors (Lipinski definition) is 2. The van der Waals surface area contributed by atoms with Crippen molar-refractivity contribution in [3.8, 4) is 17.0 Å². The second-order valence-electron chi connectivity index (χ2n) is 3.18. The Morgan fingerprint density at radius 2 is 2.07 bits per heavy atom. The van der Waals surface area contributed by atoms with Crippen LogP contribution < -0.4 is 5.56 Å². The van der Waals surface area contributed by atoms with E-state index in [0.29, 0.717) is 10.6 Å². The summed E-state index contributed by atoms with van der Waals surface area (Å²) >= 11 is 5.94. The number of nitrogens with one attached hydrogen (secondary N) is 1. The van der Waals surface area contributed by atoms with Crippen molar-refractivity contribution in [1.82, 2.24) is 9.78 Å². The lowest BCUT2D eigenvalue weighted by atomic mass is 10.1. The number of aromatic nitrogens is 2. The van der Waals surface area contributed by atoms with Gasteiger partial charge in [0, 0.05) is 17.6 Å². The normalized spacial score (nSPS) is 10.5. The molecule has 1 aromatic carbocycles. The summed E-state index contributed by atoms with van der Waals surface area (Å²) in [6, 6.07) is 6.88. The van der Waals surface area contributed by atoms with Crippen molar-refractivity contribution in [3.05, 3.63) is 39.6 Å². The van der Waals surface area contributed by atoms with E-state index in [9.17, 15) is 9.90 Å². The molecule has 0 saturated carbocycles. The van der Waals surface area contributed by atoms with Crippen molar-refractivity contribution in [1.29, 1.82) is 0 Å². The zero-order chi connectivity index (χ0) is 11.0. The molecule has 0 radical (unpaired) electrons. The SMILES string of the molecule is Cn1[nH]c(=O)c(-c2ccccc2Cl)c1O. The van der Waals surface area contributed by atoms with Crippen molar-refractivity contribution < 1.29 is 5.11 Å². The quantitative estimate of drug-likeness (QED) is 0.775. The number of halogens is 1. The fourth-order valence-electron chi connectivity index (χ4n) is 1.44. The summed E-state index contributed by atoms with van der Waals surface area (Å²) in [6.07, 6.45) is 0. The molecule has 15 heavy (non-hydrogen) atoms. The monoisotopic (exact) mass is 224 g/mol. The highest BCUT2D eigenvalue weighted by atomic mass is 35.5. The maximum Gasteiger partial charge on any atom is 0.276 e. The van der Waals surface area contributed by atoms with Crippen LogP contribution in [0.3, 0.4) is 0 Å². The van der Waals surface area contributed by atoms with Gasteiger partial charge < -0.3 is 5.11 Å². The van der Waals surface area contributed by atoms with Crippen LogP contribution in [-0.4, -0.2) is 14.9 Å². The molecule has 4 nitrogen and oxygen atoms in total. The van der Waals surface area contributed by atoms with E-state index in [1.807, 2.05) is 0 Å². The van der Waals surface area contributed by atoms with Crippen molar-refractivity contribution in [3.63, 3.8) is 0 Å². The molecule has 0 unspecified atom stereocenters. The van der Waals surface area contributed by atoms with E-state index >= 15 is 0 Å². The van der Waals surface area contributed by atoms with Gasteiger partial charge in [0.15, 0.2) is 0 Å². The lowest BCUT2D eigenvalue weighted by molar-refractivity contribution is 0.420. The number of aromatic hydroxyl groups is 1. The number of rotatable bonds is 1. The van der Waals surface area contributed by atoms with Gasteiger partial charge in [-0.2, -0.15) is 0 Å². The minimum atomic E-state index is -0.358. The Morgan fingerprint density at radius 1 is 1.40 bits per heavy atom. The van der Waals surface area contributed by atoms with E-state index in [0.717, 1.165) is 0 Å². The van der Waals surface area contributed by atoms with E-state index in [1.165, 1.54) is 4.68 Å². The first kappa shape index (κ1) is 9.86. The highest BCUT2D eigenvalue weighted by molar-refractivity contribution is 6.33. The molecule has 0 amide bonds. The van der Waals surface area contributed by atoms with E-state index in [1.54, 1.807) is 31.3 Å². The Hall–Kier alpha value is -1.68. The first-order chi connectivity index (χ1) is 7.11. The number of H-pyrrole nitrogens is 1. The first-order valence-corrected chi connectivity index (χ1v) is 4.72. The molecule has 0 bridgehead atoms. The molecule has 78 valence electrons. The molecular formula is C10H9ClN2O2. The summed E-state index contributed by atoms with van der Waals surface area (Å²) in [5.74, 6) is -0.117. The van der Waals surface area contributed by atoms with Gasteiger partial charge in [0.1, 0.15) is 5.56 Å². The molecule has 0 aliphatic rings. The van der Waals surface area contributed by atoms with Crippen LogP contribution in [0.15, 0.2) is 29.1 Å². The minimum Gasteiger partial charge on any atom is -0.493 e. The van der Waals surface area contributed by atoms with Crippen LogP contribution in [0.25, 0.3) is 11.1 Å². The Labute approximate surface area is 90.7 Å². The average molecular weight is 225 g/mol. The molecule has 0 aliphatic carbocycles. The van der Waals surface area contributed by atoms with E-state index < -0.39 is 0 Å². The predicted molar refractivity (Wildman–Crippen MR) is 58.1 cm³/mol. The zero-order valence-corrected chi connectivity index (χ0v) is 8.75. The third kappa shape index (κ3) is 1.53. The lowest BCUT2D eigenvalue weighted by Crippen LogP contribution is -2.03. The van der Waals surface area contributed by atoms with Crippen molar-refractivity contribution in [2.24, 2.45) is 7.05 Å². The van der Waals surface area contributed by atoms with Gasteiger partial charge in [0.25, 0.3) is 5.56 Å². The third-order valence-corrected chi connectivity index (χ3v) is 2.51. The molecule has 0 spiro atoms. The van der Waals surface area contributed by atoms with Crippen molar-refractivity contribution in [2.45, 2.75) is 0 Å². The molecule has 0 aliphatic heterocycles. The van der Waals surface area contributed by atoms with Gasteiger partial charge >= 0.3 is 0 Å². The van der Waals surface area contributed by atoms with Gasteiger partial charge in [-0.15, -0.1) is 0 Å². The van der Waals surface area contributed by atoms with E-state index in [2.05, 4.69) is 5.10 Å². The largest absolute Gasteiger partial charge is 0.493 e. The summed E-state index contributed by atoms with van der Waals surface area (Å²) in [5.41, 5.74) is 0.365. The highest BCUT2D eigenvalue weighted by Crippen LogP contribution is 2.30. The van der Waals surface area contributed by atoms with Crippen LogP contribution in [0.4, 0.5) is 0 Å². The molecule has 1 aromatic heterocycles. The van der Waals surface area contributed by atoms with Gasteiger partial charge in [-0.05, 0) is 6.07 Å². The second-order valence-corrected chi connectivity index (χ2v) is 3.59. The third-order valence-electron chi connectivity index (χ3n) is 2.18. The minimum absolute atomic E-state index is 0.117. The molecule has 1 heterocycles. The van der Waals surface area contributed by atoms with Crippen LogP contribution in [0.5, 0.6) is 5.88 Å². The maximum atomic E-state index is 11.5. The van der Waals surface area contributed by atoms with Crippen LogP contribution in [0.2, 0.25) is 5.02 Å². The fourth-order valence-corrected chi connectivity index (χ4v) is 1.67. The summed E-state index contributed by atoms with van der Waals surface area (Å²) < 4.78 is 1.25. The number of nitrogens with zero attached hydrogens (tertiary/aromatic N) is 1. The fraction of sp³-hybridized carbons (Fsp3) is 0.100. The standard InChI is InChI=1S/C10H9ClN2O2/c1-13-10(15)8(9(14)12-13)6-4-2-3-5-7(6)11/h2-5,15H,1H3,(H,12,14). The van der Waals surface area contributed by atoms with Crippen molar-refractivity contribution >= 4 is 11.6 Å². The Morgan fingerprint density at radius 3 is 2.60 bits per heavy atom. The van der Waals surface area contributed by atoms with Crippen LogP contribution in [0, 0.1) is 0 Å². The van der Waals surface area contributed by atoms with Crippen LogP contribution in [0.1, 0.15) is 0 Å². The number of hydrogen-bond acceptors (Lipinski definition) is 2. The summed E-state index contributed by atoms with van der Waals surface area (Å²) in [6.45, 7) is 0. The van der Waals surface area contributed by atoms with Gasteiger partial charge in [-0.1, -0.05) is 29.8 Å². The summed E-state index contributed by atoms with van der Waals surface area (Å²) in [7, 11) is 1.55. The molecule has 2 rings (SSSR count). The van der Waals surface area contributed by atoms with E-state index in [-0.39, 0.29) is 17.0 Å². The van der Waals surface area contributed by atoms with Gasteiger partial charge in [-0.25, -0.2) is 0 Å². The zero-order valence-electron chi connectivity index (χ0n) is 7.99. The Bertz CT molecular complexity index is 557. The molecular weight excluding hydrogens is 216 g/mol. The number of benzene rings is 1. The first-order valence-electron chi connectivity index (χ1n) is 4.34. The topological polar surface area (TPSA) is 58.0 Å². The summed E-state index contributed by atoms with van der Waals surface area (Å²) in [4.78, 5) is 11.5. The highest BCUT2D eigenvalue weighted by Gasteiger charge is 2.15. The van der Waals surface area contributed by atoms with Gasteiger partial charge in [0.2, 0.25) is 5.88 Å². The van der Waals surface area contributed by atoms with Gasteiger partial charge in [-0.3, -0.25) is 14.6 Å². The lowest BCUT2D eigenvalue weighted by Gasteiger charge is -2.00. The maximum absolute atomic E-state index is 11.5. The van der Waals surface area contributed by atoms with Crippen LogP contribution >= 0.6 is 11.6 Å². The molecule has 2 aromatic rings. The Balaban J connectivity index is 2.75. The van der Waals surface area contributed by atoms with Crippen molar-refractivity contribution in [2.75, 3.05) is 0 Å². The smallest absolute Gasteiger partial charge is 0.276 e. The Kier molecular flexibility index (Phi) is 2.28. The molecule has 0 saturated heterocycles. The number of aryl methyl sites for hydroxylation is 1. The van der Waals surface area contributed by atoms with Crippen LogP contribution in [-0.2, 0) is 7.05 Å². The predicted octanol–water partition coefficient (Wildman–Crippen LogP) is 1.74. The second kappa shape index (κ2) is 3.47. The molecule has 0 atom stereocenters. The van der Waals surface area contributed by atoms with E-state index in [4.69, 9.17) is 11.6 Å². The average Bonchev–Trinajstić information content (AvgIpc) is 2.43. The number of aromatic amines is 1. The summed E-state index contributed by atoms with van der Waals surface area (Å²) in [5, 5.41) is 12.6. The van der Waals surface area contributed by atoms with Gasteiger partial charge in [0.05, 0.1) is 0 Å². The molecule has 0 fully saturated rings. The molecule has 2 N–H and O–H groups in total.